The normalized spacial score (nSPS) is 20.8. The van der Waals surface area contributed by atoms with Gasteiger partial charge in [-0.3, -0.25) is 0 Å². The van der Waals surface area contributed by atoms with Gasteiger partial charge in [0.25, 0.3) is 0 Å². The Morgan fingerprint density at radius 1 is 1.25 bits per heavy atom. The van der Waals surface area contributed by atoms with Gasteiger partial charge in [0.15, 0.2) is 0 Å². The highest BCUT2D eigenvalue weighted by Gasteiger charge is 2.19. The van der Waals surface area contributed by atoms with E-state index < -0.39 is 0 Å². The Labute approximate surface area is 123 Å². The Bertz CT molecular complexity index is 368. The molecule has 1 saturated heterocycles. The van der Waals surface area contributed by atoms with E-state index in [0.29, 0.717) is 12.1 Å². The number of rotatable bonds is 7. The molecule has 0 aliphatic carbocycles. The van der Waals surface area contributed by atoms with E-state index in [0.717, 1.165) is 26.0 Å². The van der Waals surface area contributed by atoms with Gasteiger partial charge in [-0.05, 0) is 57.6 Å². The van der Waals surface area contributed by atoms with E-state index in [1.54, 1.807) is 0 Å². The molecule has 0 bridgehead atoms. The van der Waals surface area contributed by atoms with E-state index >= 15 is 0 Å². The molecule has 1 fully saturated rings. The molecule has 2 rings (SSSR count). The largest absolute Gasteiger partial charge is 0.378 e. The van der Waals surface area contributed by atoms with E-state index in [9.17, 15) is 0 Å². The van der Waals surface area contributed by atoms with Gasteiger partial charge in [0, 0.05) is 12.6 Å². The van der Waals surface area contributed by atoms with Crippen LogP contribution < -0.4 is 5.32 Å². The second-order valence-electron chi connectivity index (χ2n) is 6.07. The van der Waals surface area contributed by atoms with Gasteiger partial charge in [-0.25, -0.2) is 0 Å². The number of hydrogen-bond donors (Lipinski definition) is 1. The number of ether oxygens (including phenoxy) is 1. The highest BCUT2D eigenvalue weighted by Crippen LogP contribution is 2.19. The first-order chi connectivity index (χ1) is 9.78. The predicted molar refractivity (Wildman–Crippen MR) is 85.2 cm³/mol. The fourth-order valence-electron chi connectivity index (χ4n) is 2.91. The molecular weight excluding hydrogens is 246 g/mol. The van der Waals surface area contributed by atoms with Crippen molar-refractivity contribution in [3.05, 3.63) is 35.4 Å². The van der Waals surface area contributed by atoms with Crippen LogP contribution >= 0.6 is 0 Å². The molecule has 1 aliphatic heterocycles. The first-order valence-corrected chi connectivity index (χ1v) is 8.18. The van der Waals surface area contributed by atoms with Crippen LogP contribution in [0.25, 0.3) is 0 Å². The SMILES string of the molecule is CCCNC(Cc1ccc(C)cc1)CC1CCCCO1. The second kappa shape index (κ2) is 8.43. The monoisotopic (exact) mass is 275 g/mol. The molecule has 0 radical (unpaired) electrons. The Morgan fingerprint density at radius 2 is 2.05 bits per heavy atom. The Morgan fingerprint density at radius 3 is 2.70 bits per heavy atom. The molecule has 1 heterocycles. The Hall–Kier alpha value is -0.860. The molecule has 0 saturated carbocycles. The minimum Gasteiger partial charge on any atom is -0.378 e. The summed E-state index contributed by atoms with van der Waals surface area (Å²) in [4.78, 5) is 0. The van der Waals surface area contributed by atoms with Crippen molar-refractivity contribution in [1.82, 2.24) is 5.32 Å². The maximum atomic E-state index is 5.91. The number of hydrogen-bond acceptors (Lipinski definition) is 2. The van der Waals surface area contributed by atoms with Crippen molar-refractivity contribution in [2.75, 3.05) is 13.2 Å². The molecule has 0 amide bonds. The lowest BCUT2D eigenvalue weighted by atomic mass is 9.96. The van der Waals surface area contributed by atoms with Crippen LogP contribution in [0.5, 0.6) is 0 Å². The van der Waals surface area contributed by atoms with E-state index in [4.69, 9.17) is 4.74 Å². The van der Waals surface area contributed by atoms with E-state index in [1.165, 1.54) is 36.8 Å². The van der Waals surface area contributed by atoms with Crippen LogP contribution in [-0.4, -0.2) is 25.3 Å². The lowest BCUT2D eigenvalue weighted by Crippen LogP contribution is -2.36. The van der Waals surface area contributed by atoms with Gasteiger partial charge in [0.1, 0.15) is 0 Å². The highest BCUT2D eigenvalue weighted by molar-refractivity contribution is 5.22. The zero-order valence-electron chi connectivity index (χ0n) is 13.0. The van der Waals surface area contributed by atoms with Crippen LogP contribution in [0.1, 0.15) is 50.2 Å². The summed E-state index contributed by atoms with van der Waals surface area (Å²) in [6.07, 6.45) is 7.71. The van der Waals surface area contributed by atoms with Crippen molar-refractivity contribution in [2.24, 2.45) is 0 Å². The van der Waals surface area contributed by atoms with Crippen LogP contribution in [0.2, 0.25) is 0 Å². The number of benzene rings is 1. The van der Waals surface area contributed by atoms with Gasteiger partial charge in [0.05, 0.1) is 6.10 Å². The molecule has 2 heteroatoms. The smallest absolute Gasteiger partial charge is 0.0590 e. The van der Waals surface area contributed by atoms with E-state index in [2.05, 4.69) is 43.4 Å². The Kier molecular flexibility index (Phi) is 6.55. The van der Waals surface area contributed by atoms with E-state index in [-0.39, 0.29) is 0 Å². The lowest BCUT2D eigenvalue weighted by Gasteiger charge is -2.27. The average Bonchev–Trinajstić information content (AvgIpc) is 2.48. The fraction of sp³-hybridized carbons (Fsp3) is 0.667. The summed E-state index contributed by atoms with van der Waals surface area (Å²) < 4.78 is 5.91. The Balaban J connectivity index is 1.89. The van der Waals surface area contributed by atoms with Crippen LogP contribution in [-0.2, 0) is 11.2 Å². The lowest BCUT2D eigenvalue weighted by molar-refractivity contribution is 0.00526. The molecule has 1 aliphatic rings. The third-order valence-electron chi connectivity index (χ3n) is 4.11. The molecule has 2 atom stereocenters. The van der Waals surface area contributed by atoms with Crippen LogP contribution in [0.4, 0.5) is 0 Å². The second-order valence-corrected chi connectivity index (χ2v) is 6.07. The molecule has 0 aromatic heterocycles. The van der Waals surface area contributed by atoms with Crippen molar-refractivity contribution < 1.29 is 4.74 Å². The van der Waals surface area contributed by atoms with Crippen molar-refractivity contribution >= 4 is 0 Å². The predicted octanol–water partition coefficient (Wildman–Crippen LogP) is 3.86. The highest BCUT2D eigenvalue weighted by atomic mass is 16.5. The van der Waals surface area contributed by atoms with Crippen molar-refractivity contribution in [2.45, 2.75) is 64.5 Å². The topological polar surface area (TPSA) is 21.3 Å². The molecule has 0 spiro atoms. The summed E-state index contributed by atoms with van der Waals surface area (Å²) in [6, 6.07) is 9.49. The molecule has 20 heavy (non-hydrogen) atoms. The minimum absolute atomic E-state index is 0.462. The number of nitrogens with one attached hydrogen (secondary N) is 1. The average molecular weight is 275 g/mol. The summed E-state index contributed by atoms with van der Waals surface area (Å²) in [6.45, 7) is 6.43. The van der Waals surface area contributed by atoms with E-state index in [1.807, 2.05) is 0 Å². The molecular formula is C18H29NO. The van der Waals surface area contributed by atoms with Gasteiger partial charge < -0.3 is 10.1 Å². The summed E-state index contributed by atoms with van der Waals surface area (Å²) >= 11 is 0. The third kappa shape index (κ3) is 5.26. The first kappa shape index (κ1) is 15.5. The maximum absolute atomic E-state index is 5.91. The zero-order valence-corrected chi connectivity index (χ0v) is 13.0. The standard InChI is InChI=1S/C18H29NO/c1-3-11-19-17(14-18-6-4-5-12-20-18)13-16-9-7-15(2)8-10-16/h7-10,17-19H,3-6,11-14H2,1-2H3. The van der Waals surface area contributed by atoms with Gasteiger partial charge in [-0.2, -0.15) is 0 Å². The summed E-state index contributed by atoms with van der Waals surface area (Å²) in [5.74, 6) is 0. The van der Waals surface area contributed by atoms with Crippen molar-refractivity contribution in [3.63, 3.8) is 0 Å². The molecule has 2 unspecified atom stereocenters. The molecule has 1 N–H and O–H groups in total. The van der Waals surface area contributed by atoms with Gasteiger partial charge in [-0.15, -0.1) is 0 Å². The minimum atomic E-state index is 0.462. The third-order valence-corrected chi connectivity index (χ3v) is 4.11. The number of aryl methyl sites for hydroxylation is 1. The zero-order chi connectivity index (χ0) is 14.2. The quantitative estimate of drug-likeness (QED) is 0.815. The van der Waals surface area contributed by atoms with Crippen LogP contribution in [0.3, 0.4) is 0 Å². The van der Waals surface area contributed by atoms with Crippen LogP contribution in [0.15, 0.2) is 24.3 Å². The van der Waals surface area contributed by atoms with Gasteiger partial charge in [-0.1, -0.05) is 36.8 Å². The van der Waals surface area contributed by atoms with Gasteiger partial charge in [0.2, 0.25) is 0 Å². The van der Waals surface area contributed by atoms with Gasteiger partial charge >= 0.3 is 0 Å². The summed E-state index contributed by atoms with van der Waals surface area (Å²) in [5.41, 5.74) is 2.77. The molecule has 112 valence electrons. The fourth-order valence-corrected chi connectivity index (χ4v) is 2.91. The summed E-state index contributed by atoms with van der Waals surface area (Å²) in [5, 5.41) is 3.70. The molecule has 1 aromatic rings. The molecule has 2 nitrogen and oxygen atoms in total. The molecule has 1 aromatic carbocycles. The van der Waals surface area contributed by atoms with Crippen molar-refractivity contribution in [3.8, 4) is 0 Å². The maximum Gasteiger partial charge on any atom is 0.0590 e. The summed E-state index contributed by atoms with van der Waals surface area (Å²) in [7, 11) is 0. The first-order valence-electron chi connectivity index (χ1n) is 8.18. The van der Waals surface area contributed by atoms with Crippen molar-refractivity contribution in [1.29, 1.82) is 0 Å². The van der Waals surface area contributed by atoms with Crippen LogP contribution in [0, 0.1) is 6.92 Å².